The number of allylic oxidation sites excluding steroid dienone is 2. The van der Waals surface area contributed by atoms with Crippen molar-refractivity contribution in [2.75, 3.05) is 6.61 Å². The predicted molar refractivity (Wildman–Crippen MR) is 94.5 cm³/mol. The van der Waals surface area contributed by atoms with Crippen molar-refractivity contribution in [2.45, 2.75) is 96.8 Å². The Morgan fingerprint density at radius 2 is 1.05 bits per heavy atom. The molecule has 0 bridgehead atoms. The zero-order chi connectivity index (χ0) is 14.0. The van der Waals surface area contributed by atoms with E-state index in [2.05, 4.69) is 19.1 Å². The van der Waals surface area contributed by atoms with Gasteiger partial charge in [0.15, 0.2) is 0 Å². The van der Waals surface area contributed by atoms with Gasteiger partial charge in [-0.15, -0.1) is 0 Å². The Bertz CT molecular complexity index is 190. The maximum absolute atomic E-state index is 8.66. The van der Waals surface area contributed by atoms with Gasteiger partial charge in [0, 0.05) is 6.61 Å². The van der Waals surface area contributed by atoms with E-state index in [1.54, 1.807) is 0 Å². The minimum Gasteiger partial charge on any atom is -1.00 e. The average molecular weight is 295 g/mol. The van der Waals surface area contributed by atoms with Gasteiger partial charge in [-0.1, -0.05) is 76.9 Å². The van der Waals surface area contributed by atoms with Crippen LogP contribution in [0.2, 0.25) is 0 Å². The van der Waals surface area contributed by atoms with E-state index in [-0.39, 0.29) is 25.9 Å². The molecule has 1 N–H and O–H groups in total. The molecule has 0 aliphatic heterocycles. The fourth-order valence-corrected chi connectivity index (χ4v) is 2.36. The minimum absolute atomic E-state index is 0. The second kappa shape index (κ2) is 21.8. The first-order valence-electron chi connectivity index (χ1n) is 8.67. The van der Waals surface area contributed by atoms with E-state index in [1.165, 1.54) is 83.5 Å². The van der Waals surface area contributed by atoms with Gasteiger partial charge in [-0.25, -0.2) is 0 Å². The van der Waals surface area contributed by atoms with Gasteiger partial charge in [-0.05, 0) is 32.1 Å². The van der Waals surface area contributed by atoms with Crippen molar-refractivity contribution in [1.82, 2.24) is 0 Å². The molecule has 0 heterocycles. The van der Waals surface area contributed by atoms with Crippen LogP contribution in [-0.2, 0) is 0 Å². The molecule has 0 saturated carbocycles. The van der Waals surface area contributed by atoms with E-state index in [0.717, 1.165) is 6.42 Å². The van der Waals surface area contributed by atoms with Crippen molar-refractivity contribution < 1.29 is 7.96 Å². The van der Waals surface area contributed by atoms with Crippen molar-refractivity contribution in [3.8, 4) is 0 Å². The zero-order valence-electron chi connectivity index (χ0n) is 15.9. The van der Waals surface area contributed by atoms with Gasteiger partial charge in [0.1, 0.15) is 0 Å². The molecule has 0 atom stereocenters. The van der Waals surface area contributed by atoms with E-state index in [9.17, 15) is 0 Å². The zero-order valence-corrected chi connectivity index (χ0v) is 15.3. The smallest absolute Gasteiger partial charge is 1.00 e. The summed E-state index contributed by atoms with van der Waals surface area (Å²) in [5, 5.41) is 8.66. The van der Waals surface area contributed by atoms with Gasteiger partial charge in [-0.2, -0.15) is 0 Å². The van der Waals surface area contributed by atoms with Crippen molar-refractivity contribution in [3.05, 3.63) is 12.2 Å². The molecule has 0 aromatic rings. The molecule has 0 rings (SSSR count). The molecule has 2 heteroatoms. The molecule has 0 aliphatic carbocycles. The topological polar surface area (TPSA) is 20.2 Å². The first kappa shape index (κ1) is 22.7. The average Bonchev–Trinajstić information content (AvgIpc) is 2.43. The molecule has 0 radical (unpaired) electrons. The molecular formula is C18H38MgO. The Kier molecular flexibility index (Phi) is 24.7. The van der Waals surface area contributed by atoms with Gasteiger partial charge in [0.05, 0.1) is 0 Å². The fraction of sp³-hybridized carbons (Fsp3) is 0.889. The Morgan fingerprint density at radius 1 is 0.650 bits per heavy atom. The maximum atomic E-state index is 8.66. The largest absolute Gasteiger partial charge is 2.00 e. The molecule has 0 aliphatic rings. The number of hydrogen-bond acceptors (Lipinski definition) is 1. The molecule has 0 fully saturated rings. The van der Waals surface area contributed by atoms with Gasteiger partial charge in [-0.3, -0.25) is 0 Å². The van der Waals surface area contributed by atoms with E-state index in [4.69, 9.17) is 5.11 Å². The quantitative estimate of drug-likeness (QED) is 0.228. The van der Waals surface area contributed by atoms with Crippen molar-refractivity contribution in [2.24, 2.45) is 0 Å². The standard InChI is InChI=1S/C18H36O.Mg.2H/c1-2-3-4-5-6-7-8-9-10-11-12-13-14-15-16-17-18-19;;;/h9-10,19H,2-8,11-18H2,1H3;;;/q;+2;2*-1/b10-9-;;;. The molecule has 20 heavy (non-hydrogen) atoms. The van der Waals surface area contributed by atoms with Crippen LogP contribution >= 0.6 is 0 Å². The Balaban J connectivity index is -0.000000540. The summed E-state index contributed by atoms with van der Waals surface area (Å²) in [6.07, 6.45) is 23.2. The van der Waals surface area contributed by atoms with E-state index in [0.29, 0.717) is 6.61 Å². The van der Waals surface area contributed by atoms with Crippen molar-refractivity contribution in [3.63, 3.8) is 0 Å². The van der Waals surface area contributed by atoms with Gasteiger partial charge >= 0.3 is 23.1 Å². The third-order valence-electron chi connectivity index (χ3n) is 3.67. The second-order valence-electron chi connectivity index (χ2n) is 5.66. The second-order valence-corrected chi connectivity index (χ2v) is 5.66. The molecule has 0 amide bonds. The molecule has 0 spiro atoms. The van der Waals surface area contributed by atoms with Crippen LogP contribution < -0.4 is 0 Å². The van der Waals surface area contributed by atoms with E-state index >= 15 is 0 Å². The summed E-state index contributed by atoms with van der Waals surface area (Å²) >= 11 is 0. The fourth-order valence-electron chi connectivity index (χ4n) is 2.36. The van der Waals surface area contributed by atoms with Crippen LogP contribution in [0, 0.1) is 0 Å². The molecule has 0 unspecified atom stereocenters. The minimum atomic E-state index is 0. The number of rotatable bonds is 15. The summed E-state index contributed by atoms with van der Waals surface area (Å²) in [6, 6.07) is 0. The van der Waals surface area contributed by atoms with Crippen molar-refractivity contribution in [1.29, 1.82) is 0 Å². The summed E-state index contributed by atoms with van der Waals surface area (Å²) in [5.74, 6) is 0. The first-order chi connectivity index (χ1) is 9.41. The molecule has 0 aromatic carbocycles. The van der Waals surface area contributed by atoms with Crippen LogP contribution in [-0.4, -0.2) is 34.8 Å². The Hall–Kier alpha value is 0.466. The monoisotopic (exact) mass is 294 g/mol. The molecule has 0 aromatic heterocycles. The number of aliphatic hydroxyl groups excluding tert-OH is 1. The van der Waals surface area contributed by atoms with E-state index in [1.807, 2.05) is 0 Å². The summed E-state index contributed by atoms with van der Waals surface area (Å²) in [5.41, 5.74) is 0. The van der Waals surface area contributed by atoms with Crippen LogP contribution in [0.15, 0.2) is 12.2 Å². The first-order valence-corrected chi connectivity index (χ1v) is 8.67. The summed E-state index contributed by atoms with van der Waals surface area (Å²) in [7, 11) is 0. The SMILES string of the molecule is CCCCCCCC/C=C\CCCCCCCCO.[H-].[H-].[Mg+2]. The number of unbranched alkanes of at least 4 members (excludes halogenated alkanes) is 12. The van der Waals surface area contributed by atoms with Gasteiger partial charge < -0.3 is 7.96 Å². The molecular weight excluding hydrogens is 257 g/mol. The predicted octanol–water partition coefficient (Wildman–Crippen LogP) is 5.86. The molecule has 1 nitrogen and oxygen atoms in total. The van der Waals surface area contributed by atoms with Gasteiger partial charge in [0.25, 0.3) is 0 Å². The third kappa shape index (κ3) is 20.8. The molecule has 0 saturated heterocycles. The third-order valence-corrected chi connectivity index (χ3v) is 3.67. The Labute approximate surface area is 146 Å². The van der Waals surface area contributed by atoms with Gasteiger partial charge in [0.2, 0.25) is 0 Å². The van der Waals surface area contributed by atoms with Crippen LogP contribution in [0.1, 0.15) is 99.7 Å². The van der Waals surface area contributed by atoms with Crippen LogP contribution in [0.3, 0.4) is 0 Å². The normalized spacial score (nSPS) is 10.9. The Morgan fingerprint density at radius 3 is 1.50 bits per heavy atom. The summed E-state index contributed by atoms with van der Waals surface area (Å²) in [4.78, 5) is 0. The molecule has 118 valence electrons. The van der Waals surface area contributed by atoms with Crippen LogP contribution in [0.4, 0.5) is 0 Å². The van der Waals surface area contributed by atoms with Crippen LogP contribution in [0.25, 0.3) is 0 Å². The van der Waals surface area contributed by atoms with Crippen molar-refractivity contribution >= 4 is 23.1 Å². The summed E-state index contributed by atoms with van der Waals surface area (Å²) in [6.45, 7) is 2.64. The van der Waals surface area contributed by atoms with E-state index < -0.39 is 0 Å². The number of hydrogen-bond donors (Lipinski definition) is 1. The van der Waals surface area contributed by atoms with Crippen LogP contribution in [0.5, 0.6) is 0 Å². The maximum Gasteiger partial charge on any atom is 2.00 e. The summed E-state index contributed by atoms with van der Waals surface area (Å²) < 4.78 is 0. The number of aliphatic hydroxyl groups is 1.